The van der Waals surface area contributed by atoms with Gasteiger partial charge in [0.25, 0.3) is 0 Å². The van der Waals surface area contributed by atoms with E-state index >= 15 is 0 Å². The van der Waals surface area contributed by atoms with Gasteiger partial charge in [-0.15, -0.1) is 11.6 Å². The normalized spacial score (nSPS) is 23.6. The van der Waals surface area contributed by atoms with Gasteiger partial charge in [-0.2, -0.15) is 13.2 Å². The quantitative estimate of drug-likeness (QED) is 0.640. The van der Waals surface area contributed by atoms with Crippen LogP contribution in [0.1, 0.15) is 17.0 Å². The smallest absolute Gasteiger partial charge is 0.295 e. The molecular weight excluding hydrogens is 306 g/mol. The van der Waals surface area contributed by atoms with E-state index in [9.17, 15) is 22.8 Å². The predicted molar refractivity (Wildman–Crippen MR) is 62.0 cm³/mol. The third kappa shape index (κ3) is 2.69. The highest BCUT2D eigenvalue weighted by molar-refractivity contribution is 6.37. The van der Waals surface area contributed by atoms with Crippen LogP contribution in [0.5, 0.6) is 0 Å². The van der Waals surface area contributed by atoms with E-state index in [-0.39, 0.29) is 10.6 Å². The number of imide groups is 1. The number of hydrogen-bond acceptors (Lipinski definition) is 2. The second kappa shape index (κ2) is 4.68. The maximum absolute atomic E-state index is 12.6. The van der Waals surface area contributed by atoms with Crippen LogP contribution in [-0.2, 0) is 15.8 Å². The number of rotatable bonds is 1. The van der Waals surface area contributed by atoms with Crippen molar-refractivity contribution in [3.05, 3.63) is 34.3 Å². The SMILES string of the molecule is O=C1NC(=O)C(c2cc(Cl)cc(C(F)(F)F)c2)C1Cl. The van der Waals surface area contributed by atoms with Gasteiger partial charge in [0.15, 0.2) is 0 Å². The van der Waals surface area contributed by atoms with Crippen molar-refractivity contribution in [3.8, 4) is 0 Å². The second-order valence-corrected chi connectivity index (χ2v) is 4.91. The Morgan fingerprint density at radius 2 is 1.74 bits per heavy atom. The minimum absolute atomic E-state index is 0.0387. The van der Waals surface area contributed by atoms with Crippen molar-refractivity contribution in [2.75, 3.05) is 0 Å². The molecule has 0 bridgehead atoms. The van der Waals surface area contributed by atoms with E-state index in [1.165, 1.54) is 6.07 Å². The number of alkyl halides is 4. The van der Waals surface area contributed by atoms with Crippen LogP contribution in [0.15, 0.2) is 18.2 Å². The molecule has 2 unspecified atom stereocenters. The van der Waals surface area contributed by atoms with Crippen LogP contribution in [-0.4, -0.2) is 17.2 Å². The Kier molecular flexibility index (Phi) is 3.49. The molecule has 1 heterocycles. The summed E-state index contributed by atoms with van der Waals surface area (Å²) in [6, 6.07) is 2.70. The topological polar surface area (TPSA) is 46.2 Å². The monoisotopic (exact) mass is 311 g/mol. The van der Waals surface area contributed by atoms with Crippen LogP contribution >= 0.6 is 23.2 Å². The van der Waals surface area contributed by atoms with Gasteiger partial charge in [-0.3, -0.25) is 14.9 Å². The van der Waals surface area contributed by atoms with E-state index in [4.69, 9.17) is 23.2 Å². The average Bonchev–Trinajstić information content (AvgIpc) is 2.51. The zero-order valence-electron chi connectivity index (χ0n) is 9.09. The van der Waals surface area contributed by atoms with E-state index < -0.39 is 34.8 Å². The van der Waals surface area contributed by atoms with E-state index in [0.29, 0.717) is 0 Å². The lowest BCUT2D eigenvalue weighted by atomic mass is 9.95. The minimum Gasteiger partial charge on any atom is -0.295 e. The summed E-state index contributed by atoms with van der Waals surface area (Å²) in [5.41, 5.74) is -1.03. The molecule has 1 aromatic rings. The Bertz CT molecular complexity index is 559. The van der Waals surface area contributed by atoms with Crippen molar-refractivity contribution in [1.29, 1.82) is 0 Å². The third-order valence-electron chi connectivity index (χ3n) is 2.68. The van der Waals surface area contributed by atoms with Crippen LogP contribution in [0.4, 0.5) is 13.2 Å². The van der Waals surface area contributed by atoms with Gasteiger partial charge in [-0.1, -0.05) is 11.6 Å². The van der Waals surface area contributed by atoms with E-state index in [0.717, 1.165) is 12.1 Å². The van der Waals surface area contributed by atoms with Gasteiger partial charge in [0.2, 0.25) is 11.8 Å². The summed E-state index contributed by atoms with van der Waals surface area (Å²) in [5.74, 6) is -2.64. The highest BCUT2D eigenvalue weighted by atomic mass is 35.5. The Morgan fingerprint density at radius 3 is 2.21 bits per heavy atom. The fourth-order valence-corrected chi connectivity index (χ4v) is 2.39. The van der Waals surface area contributed by atoms with E-state index in [1.807, 2.05) is 5.32 Å². The number of carbonyl (C=O) groups excluding carboxylic acids is 2. The average molecular weight is 312 g/mol. The maximum Gasteiger partial charge on any atom is 0.416 e. The molecule has 0 radical (unpaired) electrons. The summed E-state index contributed by atoms with van der Waals surface area (Å²) in [6.45, 7) is 0. The lowest BCUT2D eigenvalue weighted by molar-refractivity contribution is -0.137. The molecule has 1 aliphatic heterocycles. The fourth-order valence-electron chi connectivity index (χ4n) is 1.83. The first kappa shape index (κ1) is 14.1. The Balaban J connectivity index is 2.49. The number of hydrogen-bond donors (Lipinski definition) is 1. The molecule has 1 N–H and O–H groups in total. The first-order valence-corrected chi connectivity index (χ1v) is 5.88. The van der Waals surface area contributed by atoms with Crippen molar-refractivity contribution >= 4 is 35.0 Å². The first-order chi connectivity index (χ1) is 8.70. The molecule has 0 aromatic heterocycles. The molecule has 1 aliphatic rings. The Morgan fingerprint density at radius 1 is 1.11 bits per heavy atom. The van der Waals surface area contributed by atoms with Gasteiger partial charge >= 0.3 is 6.18 Å². The Hall–Kier alpha value is -1.27. The molecule has 3 nitrogen and oxygen atoms in total. The molecule has 19 heavy (non-hydrogen) atoms. The largest absolute Gasteiger partial charge is 0.416 e. The van der Waals surface area contributed by atoms with Crippen molar-refractivity contribution in [3.63, 3.8) is 0 Å². The Labute approximate surface area is 115 Å². The molecule has 2 atom stereocenters. The molecule has 1 fully saturated rings. The van der Waals surface area contributed by atoms with Crippen molar-refractivity contribution in [1.82, 2.24) is 5.32 Å². The molecule has 102 valence electrons. The molecule has 2 rings (SSSR count). The van der Waals surface area contributed by atoms with Gasteiger partial charge in [0.1, 0.15) is 5.38 Å². The standard InChI is InChI=1S/C11H6Cl2F3NO2/c12-6-2-4(1-5(3-6)11(14,15)16)7-8(13)10(19)17-9(7)18/h1-3,7-8H,(H,17,18,19). The lowest BCUT2D eigenvalue weighted by Gasteiger charge is -2.14. The zero-order valence-corrected chi connectivity index (χ0v) is 10.6. The second-order valence-electron chi connectivity index (χ2n) is 4.00. The molecule has 0 spiro atoms. The number of benzene rings is 1. The van der Waals surface area contributed by atoms with Crippen LogP contribution < -0.4 is 5.32 Å². The molecule has 2 amide bonds. The van der Waals surface area contributed by atoms with Crippen molar-refractivity contribution in [2.24, 2.45) is 0 Å². The third-order valence-corrected chi connectivity index (χ3v) is 3.35. The summed E-state index contributed by atoms with van der Waals surface area (Å²) in [6.07, 6.45) is -4.60. The number of halogens is 5. The van der Waals surface area contributed by atoms with Gasteiger partial charge in [-0.05, 0) is 23.8 Å². The van der Waals surface area contributed by atoms with Gasteiger partial charge in [0.05, 0.1) is 11.5 Å². The highest BCUT2D eigenvalue weighted by Crippen LogP contribution is 2.36. The molecule has 0 saturated carbocycles. The van der Waals surface area contributed by atoms with Gasteiger partial charge < -0.3 is 0 Å². The van der Waals surface area contributed by atoms with Crippen LogP contribution in [0, 0.1) is 0 Å². The van der Waals surface area contributed by atoms with Gasteiger partial charge in [0, 0.05) is 5.02 Å². The molecule has 1 saturated heterocycles. The van der Waals surface area contributed by atoms with Crippen molar-refractivity contribution in [2.45, 2.75) is 17.5 Å². The summed E-state index contributed by atoms with van der Waals surface area (Å²) < 4.78 is 37.9. The van der Waals surface area contributed by atoms with Gasteiger partial charge in [-0.25, -0.2) is 0 Å². The number of nitrogens with one attached hydrogen (secondary N) is 1. The molecule has 1 aromatic carbocycles. The highest BCUT2D eigenvalue weighted by Gasteiger charge is 2.42. The van der Waals surface area contributed by atoms with Crippen LogP contribution in [0.2, 0.25) is 5.02 Å². The zero-order chi connectivity index (χ0) is 14.4. The van der Waals surface area contributed by atoms with E-state index in [2.05, 4.69) is 0 Å². The van der Waals surface area contributed by atoms with Crippen LogP contribution in [0.3, 0.4) is 0 Å². The van der Waals surface area contributed by atoms with Crippen LogP contribution in [0.25, 0.3) is 0 Å². The number of amides is 2. The summed E-state index contributed by atoms with van der Waals surface area (Å²) in [5, 5.41) is 0.535. The molecular formula is C11H6Cl2F3NO2. The summed E-state index contributed by atoms with van der Waals surface area (Å²) >= 11 is 11.3. The molecule has 0 aliphatic carbocycles. The number of carbonyl (C=O) groups is 2. The fraction of sp³-hybridized carbons (Fsp3) is 0.273. The minimum atomic E-state index is -4.60. The molecule has 8 heteroatoms. The van der Waals surface area contributed by atoms with Crippen molar-refractivity contribution < 1.29 is 22.8 Å². The summed E-state index contributed by atoms with van der Waals surface area (Å²) in [7, 11) is 0. The maximum atomic E-state index is 12.6. The lowest BCUT2D eigenvalue weighted by Crippen LogP contribution is -2.22. The predicted octanol–water partition coefficient (Wildman–Crippen LogP) is 2.71. The summed E-state index contributed by atoms with van der Waals surface area (Å²) in [4.78, 5) is 22.7. The van der Waals surface area contributed by atoms with E-state index in [1.54, 1.807) is 0 Å². The first-order valence-electron chi connectivity index (χ1n) is 5.06.